The molecule has 0 unspecified atom stereocenters. The molecule has 1 aliphatic heterocycles. The first-order valence-electron chi connectivity index (χ1n) is 9.00. The molecule has 0 spiro atoms. The maximum absolute atomic E-state index is 12.8. The highest BCUT2D eigenvalue weighted by Crippen LogP contribution is 2.30. The largest absolute Gasteiger partial charge is 0.336 e. The van der Waals surface area contributed by atoms with Crippen LogP contribution in [0, 0.1) is 0 Å². The van der Waals surface area contributed by atoms with Crippen molar-refractivity contribution in [3.05, 3.63) is 47.8 Å². The Labute approximate surface area is 156 Å². The van der Waals surface area contributed by atoms with Gasteiger partial charge in [0, 0.05) is 19.2 Å². The minimum Gasteiger partial charge on any atom is -0.336 e. The van der Waals surface area contributed by atoms with Crippen LogP contribution in [0.4, 0.5) is 11.4 Å². The Morgan fingerprint density at radius 3 is 2.85 bits per heavy atom. The lowest BCUT2D eigenvalue weighted by Gasteiger charge is -2.19. The van der Waals surface area contributed by atoms with Gasteiger partial charge in [0.25, 0.3) is 11.6 Å². The van der Waals surface area contributed by atoms with Crippen molar-refractivity contribution in [3.8, 4) is 0 Å². The van der Waals surface area contributed by atoms with Gasteiger partial charge in [-0.2, -0.15) is 0 Å². The molecule has 1 aliphatic rings. The van der Waals surface area contributed by atoms with E-state index in [1.54, 1.807) is 17.0 Å². The van der Waals surface area contributed by atoms with Crippen LogP contribution in [-0.4, -0.2) is 28.5 Å². The van der Waals surface area contributed by atoms with Crippen LogP contribution in [0.3, 0.4) is 0 Å². The molecule has 1 aromatic carbocycles. The Morgan fingerprint density at radius 2 is 2.11 bits per heavy atom. The number of nitrogens with zero attached hydrogens (tertiary/aromatic N) is 3. The van der Waals surface area contributed by atoms with Gasteiger partial charge in [0.05, 0.1) is 28.0 Å². The first-order chi connectivity index (χ1) is 13.0. The zero-order chi connectivity index (χ0) is 19.0. The average Bonchev–Trinajstić information content (AvgIpc) is 3.27. The van der Waals surface area contributed by atoms with Gasteiger partial charge in [-0.05, 0) is 30.5 Å². The van der Waals surface area contributed by atoms with Gasteiger partial charge in [-0.1, -0.05) is 31.1 Å². The molecule has 27 heavy (non-hydrogen) atoms. The maximum atomic E-state index is 12.8. The van der Waals surface area contributed by atoms with Crippen molar-refractivity contribution in [2.45, 2.75) is 32.6 Å². The summed E-state index contributed by atoms with van der Waals surface area (Å²) in [6.45, 7) is 4.68. The molecular formula is C20H20N4O3. The van der Waals surface area contributed by atoms with Gasteiger partial charge in [0.1, 0.15) is 0 Å². The number of benzene rings is 1. The van der Waals surface area contributed by atoms with Crippen molar-refractivity contribution in [2.24, 2.45) is 0 Å². The second kappa shape index (κ2) is 6.83. The third-order valence-electron chi connectivity index (χ3n) is 4.68. The number of hydrogen-bond acceptors (Lipinski definition) is 5. The number of anilines is 2. The molecule has 0 atom stereocenters. The molecule has 1 saturated heterocycles. The Hall–Kier alpha value is -3.22. The van der Waals surface area contributed by atoms with Crippen molar-refractivity contribution >= 4 is 34.3 Å². The number of nitrogens with one attached hydrogen (secondary N) is 1. The van der Waals surface area contributed by atoms with Gasteiger partial charge in [0.2, 0.25) is 5.91 Å². The topological polar surface area (TPSA) is 88.3 Å². The highest BCUT2D eigenvalue weighted by Gasteiger charge is 2.24. The highest BCUT2D eigenvalue weighted by molar-refractivity contribution is 6.09. The van der Waals surface area contributed by atoms with Crippen LogP contribution in [-0.2, 0) is 4.79 Å². The van der Waals surface area contributed by atoms with E-state index in [-0.39, 0.29) is 17.7 Å². The third-order valence-corrected chi connectivity index (χ3v) is 4.68. The van der Waals surface area contributed by atoms with E-state index in [9.17, 15) is 9.59 Å². The quantitative estimate of drug-likeness (QED) is 0.762. The first-order valence-corrected chi connectivity index (χ1v) is 9.00. The number of hydrogen-bond donors (Lipinski definition) is 1. The minimum absolute atomic E-state index is 0.0748. The van der Waals surface area contributed by atoms with Crippen LogP contribution in [0.1, 0.15) is 48.7 Å². The van der Waals surface area contributed by atoms with Crippen LogP contribution < -0.4 is 10.2 Å². The van der Waals surface area contributed by atoms with Crippen LogP contribution in [0.5, 0.6) is 0 Å². The summed E-state index contributed by atoms with van der Waals surface area (Å²) in [5.74, 6) is -0.0569. The number of para-hydroxylation sites is 2. The second-order valence-corrected chi connectivity index (χ2v) is 6.92. The molecular weight excluding hydrogens is 344 g/mol. The lowest BCUT2D eigenvalue weighted by Crippen LogP contribution is -2.25. The molecule has 7 nitrogen and oxygen atoms in total. The van der Waals surface area contributed by atoms with Crippen molar-refractivity contribution in [3.63, 3.8) is 0 Å². The summed E-state index contributed by atoms with van der Waals surface area (Å²) >= 11 is 0. The smallest absolute Gasteiger partial charge is 0.257 e. The molecule has 4 rings (SSSR count). The summed E-state index contributed by atoms with van der Waals surface area (Å²) in [6.07, 6.45) is 2.83. The molecule has 1 fully saturated rings. The van der Waals surface area contributed by atoms with Crippen LogP contribution in [0.25, 0.3) is 11.1 Å². The van der Waals surface area contributed by atoms with Crippen LogP contribution in [0.2, 0.25) is 0 Å². The molecule has 0 saturated carbocycles. The fraction of sp³-hybridized carbons (Fsp3) is 0.300. The summed E-state index contributed by atoms with van der Waals surface area (Å²) in [7, 11) is 0. The summed E-state index contributed by atoms with van der Waals surface area (Å²) in [6, 6.07) is 9.07. The average molecular weight is 364 g/mol. The van der Waals surface area contributed by atoms with Crippen LogP contribution in [0.15, 0.2) is 41.1 Å². The SMILES string of the molecule is CC(C)c1noc2ncc(C(=O)Nc3ccccc3N3CCCC3=O)cc12. The summed E-state index contributed by atoms with van der Waals surface area (Å²) < 4.78 is 5.22. The van der Waals surface area contributed by atoms with Gasteiger partial charge < -0.3 is 14.7 Å². The lowest BCUT2D eigenvalue weighted by atomic mass is 10.1. The Kier molecular flexibility index (Phi) is 4.35. The summed E-state index contributed by atoms with van der Waals surface area (Å²) in [5, 5.41) is 7.68. The summed E-state index contributed by atoms with van der Waals surface area (Å²) in [4.78, 5) is 30.8. The zero-order valence-electron chi connectivity index (χ0n) is 15.2. The number of rotatable bonds is 4. The predicted molar refractivity (Wildman–Crippen MR) is 102 cm³/mol. The molecule has 7 heteroatoms. The van der Waals surface area contributed by atoms with Crippen LogP contribution >= 0.6 is 0 Å². The molecule has 1 N–H and O–H groups in total. The fourth-order valence-corrected chi connectivity index (χ4v) is 3.30. The van der Waals surface area contributed by atoms with E-state index in [1.165, 1.54) is 6.20 Å². The van der Waals surface area contributed by atoms with E-state index in [2.05, 4.69) is 15.5 Å². The van der Waals surface area contributed by atoms with E-state index in [0.717, 1.165) is 23.2 Å². The van der Waals surface area contributed by atoms with E-state index < -0.39 is 0 Å². The number of fused-ring (bicyclic) bond motifs is 1. The maximum Gasteiger partial charge on any atom is 0.257 e. The van der Waals surface area contributed by atoms with Gasteiger partial charge in [-0.3, -0.25) is 9.59 Å². The van der Waals surface area contributed by atoms with E-state index in [0.29, 0.717) is 29.9 Å². The standard InChI is InChI=1S/C20H20N4O3/c1-12(2)18-14-10-13(11-21-20(14)27-23-18)19(26)22-15-6-3-4-7-16(15)24-9-5-8-17(24)25/h3-4,6-7,10-12H,5,8-9H2,1-2H3,(H,22,26). The van der Waals surface area contributed by atoms with Crippen molar-refractivity contribution < 1.29 is 14.1 Å². The Bertz CT molecular complexity index is 1020. The molecule has 2 aromatic heterocycles. The van der Waals surface area contributed by atoms with Gasteiger partial charge in [-0.25, -0.2) is 4.98 Å². The number of aromatic nitrogens is 2. The lowest BCUT2D eigenvalue weighted by molar-refractivity contribution is -0.117. The van der Waals surface area contributed by atoms with Crippen molar-refractivity contribution in [1.29, 1.82) is 0 Å². The second-order valence-electron chi connectivity index (χ2n) is 6.92. The third kappa shape index (κ3) is 3.16. The molecule has 0 aliphatic carbocycles. The van der Waals surface area contributed by atoms with Crippen molar-refractivity contribution in [2.75, 3.05) is 16.8 Å². The van der Waals surface area contributed by atoms with E-state index in [4.69, 9.17) is 4.52 Å². The molecule has 3 aromatic rings. The minimum atomic E-state index is -0.292. The van der Waals surface area contributed by atoms with E-state index in [1.807, 2.05) is 32.0 Å². The molecule has 2 amide bonds. The fourth-order valence-electron chi connectivity index (χ4n) is 3.30. The molecule has 3 heterocycles. The molecule has 138 valence electrons. The Balaban J connectivity index is 1.64. The Morgan fingerprint density at radius 1 is 1.30 bits per heavy atom. The van der Waals surface area contributed by atoms with E-state index >= 15 is 0 Å². The molecule has 0 bridgehead atoms. The zero-order valence-corrected chi connectivity index (χ0v) is 15.2. The van der Waals surface area contributed by atoms with Crippen molar-refractivity contribution in [1.82, 2.24) is 10.1 Å². The van der Waals surface area contributed by atoms with Gasteiger partial charge in [0.15, 0.2) is 0 Å². The van der Waals surface area contributed by atoms with Gasteiger partial charge >= 0.3 is 0 Å². The number of carbonyl (C=O) groups excluding carboxylic acids is 2. The number of pyridine rings is 1. The summed E-state index contributed by atoms with van der Waals surface area (Å²) in [5.41, 5.74) is 2.92. The highest BCUT2D eigenvalue weighted by atomic mass is 16.5. The normalized spacial score (nSPS) is 14.3. The molecule has 0 radical (unpaired) electrons. The predicted octanol–water partition coefficient (Wildman–Crippen LogP) is 3.73. The monoisotopic (exact) mass is 364 g/mol. The number of carbonyl (C=O) groups is 2. The van der Waals surface area contributed by atoms with Gasteiger partial charge in [-0.15, -0.1) is 0 Å². The first kappa shape index (κ1) is 17.2. The number of amides is 2.